The van der Waals surface area contributed by atoms with E-state index in [2.05, 4.69) is 37.0 Å². The first kappa shape index (κ1) is 8.32. The minimum Gasteiger partial charge on any atom is -0.357 e. The Hall–Kier alpha value is -1.28. The molecule has 0 spiro atoms. The number of aromatic nitrogens is 1. The van der Waals surface area contributed by atoms with Gasteiger partial charge in [-0.05, 0) is 48.6 Å². The number of aromatic amines is 1. The summed E-state index contributed by atoms with van der Waals surface area (Å²) >= 11 is 0. The van der Waals surface area contributed by atoms with Gasteiger partial charge in [-0.1, -0.05) is 0 Å². The number of benzene rings is 1. The van der Waals surface area contributed by atoms with E-state index in [1.807, 2.05) is 0 Å². The topological polar surface area (TPSA) is 41.8 Å². The van der Waals surface area contributed by atoms with Crippen LogP contribution in [0.1, 0.15) is 16.8 Å². The first-order chi connectivity index (χ1) is 6.20. The molecule has 0 aliphatic carbocycles. The van der Waals surface area contributed by atoms with Crippen LogP contribution in [-0.4, -0.2) is 4.98 Å². The summed E-state index contributed by atoms with van der Waals surface area (Å²) < 4.78 is 0. The Morgan fingerprint density at radius 3 is 2.54 bits per heavy atom. The van der Waals surface area contributed by atoms with Crippen molar-refractivity contribution >= 4 is 10.9 Å². The number of fused-ring (bicyclic) bond motifs is 1. The third-order valence-corrected chi connectivity index (χ3v) is 2.51. The van der Waals surface area contributed by atoms with E-state index in [-0.39, 0.29) is 0 Å². The maximum atomic E-state index is 5.56. The second kappa shape index (κ2) is 2.89. The first-order valence-corrected chi connectivity index (χ1v) is 4.49. The molecule has 3 N–H and O–H groups in total. The Morgan fingerprint density at radius 2 is 1.85 bits per heavy atom. The highest BCUT2D eigenvalue weighted by molar-refractivity contribution is 5.82. The number of nitrogens with one attached hydrogen (secondary N) is 1. The molecule has 0 aliphatic rings. The van der Waals surface area contributed by atoms with E-state index in [1.54, 1.807) is 0 Å². The quantitative estimate of drug-likeness (QED) is 0.684. The predicted octanol–water partition coefficient (Wildman–Crippen LogP) is 2.24. The molecule has 0 fully saturated rings. The van der Waals surface area contributed by atoms with Crippen LogP contribution in [0, 0.1) is 13.8 Å². The molecule has 2 heteroatoms. The maximum Gasteiger partial charge on any atom is 0.0459 e. The molecule has 1 aromatic heterocycles. The monoisotopic (exact) mass is 174 g/mol. The van der Waals surface area contributed by atoms with Gasteiger partial charge in [-0.15, -0.1) is 0 Å². The molecule has 2 aromatic rings. The molecular weight excluding hydrogens is 160 g/mol. The Kier molecular flexibility index (Phi) is 1.85. The lowest BCUT2D eigenvalue weighted by Gasteiger charge is -1.98. The second-order valence-corrected chi connectivity index (χ2v) is 3.52. The van der Waals surface area contributed by atoms with Crippen LogP contribution in [0.25, 0.3) is 10.9 Å². The van der Waals surface area contributed by atoms with Crippen molar-refractivity contribution in [3.05, 3.63) is 35.0 Å². The van der Waals surface area contributed by atoms with Crippen molar-refractivity contribution in [3.63, 3.8) is 0 Å². The Morgan fingerprint density at radius 1 is 1.15 bits per heavy atom. The molecule has 2 rings (SSSR count). The van der Waals surface area contributed by atoms with Crippen molar-refractivity contribution in [3.8, 4) is 0 Å². The van der Waals surface area contributed by atoms with Gasteiger partial charge < -0.3 is 10.7 Å². The van der Waals surface area contributed by atoms with Crippen LogP contribution in [0.3, 0.4) is 0 Å². The van der Waals surface area contributed by atoms with Gasteiger partial charge in [-0.2, -0.15) is 0 Å². The molecule has 0 unspecified atom stereocenters. The minimum atomic E-state index is 0.576. The Balaban J connectivity index is 2.70. The van der Waals surface area contributed by atoms with E-state index in [4.69, 9.17) is 5.73 Å². The van der Waals surface area contributed by atoms with E-state index in [9.17, 15) is 0 Å². The van der Waals surface area contributed by atoms with Gasteiger partial charge in [0.25, 0.3) is 0 Å². The summed E-state index contributed by atoms with van der Waals surface area (Å²) in [7, 11) is 0. The fraction of sp³-hybridized carbons (Fsp3) is 0.273. The third kappa shape index (κ3) is 1.33. The van der Waals surface area contributed by atoms with Gasteiger partial charge in [0, 0.05) is 17.8 Å². The highest BCUT2D eigenvalue weighted by Crippen LogP contribution is 2.19. The van der Waals surface area contributed by atoms with Gasteiger partial charge in [0.15, 0.2) is 0 Å². The van der Waals surface area contributed by atoms with Crippen LogP contribution < -0.4 is 5.73 Å². The van der Waals surface area contributed by atoms with Gasteiger partial charge in [0.1, 0.15) is 0 Å². The van der Waals surface area contributed by atoms with Gasteiger partial charge >= 0.3 is 0 Å². The lowest BCUT2D eigenvalue weighted by molar-refractivity contribution is 1.02. The Bertz CT molecular complexity index is 402. The molecule has 1 aromatic carbocycles. The minimum absolute atomic E-state index is 0.576. The molecule has 0 saturated carbocycles. The summed E-state index contributed by atoms with van der Waals surface area (Å²) in [5.74, 6) is 0. The zero-order chi connectivity index (χ0) is 9.42. The summed E-state index contributed by atoms with van der Waals surface area (Å²) in [5.41, 5.74) is 10.5. The highest BCUT2D eigenvalue weighted by atomic mass is 14.7. The van der Waals surface area contributed by atoms with Crippen molar-refractivity contribution in [2.75, 3.05) is 0 Å². The molecule has 0 bridgehead atoms. The molecule has 0 saturated heterocycles. The standard InChI is InChI=1S/C11H14N2/c1-7-3-9-5-10(6-12)13-11(9)4-8(7)2/h3-5,13H,6,12H2,1-2H3. The molecule has 0 amide bonds. The molecular formula is C11H14N2. The summed E-state index contributed by atoms with van der Waals surface area (Å²) in [6.45, 7) is 4.83. The van der Waals surface area contributed by atoms with E-state index in [1.165, 1.54) is 22.0 Å². The van der Waals surface area contributed by atoms with E-state index >= 15 is 0 Å². The fourth-order valence-electron chi connectivity index (χ4n) is 1.57. The van der Waals surface area contributed by atoms with Crippen LogP contribution in [0.5, 0.6) is 0 Å². The van der Waals surface area contributed by atoms with Gasteiger partial charge in [-0.25, -0.2) is 0 Å². The van der Waals surface area contributed by atoms with Crippen molar-refractivity contribution < 1.29 is 0 Å². The maximum absolute atomic E-state index is 5.56. The zero-order valence-electron chi connectivity index (χ0n) is 8.02. The van der Waals surface area contributed by atoms with Crippen LogP contribution in [-0.2, 0) is 6.54 Å². The number of hydrogen-bond acceptors (Lipinski definition) is 1. The summed E-state index contributed by atoms with van der Waals surface area (Å²) in [6, 6.07) is 6.48. The number of H-pyrrole nitrogens is 1. The molecule has 1 heterocycles. The van der Waals surface area contributed by atoms with Gasteiger partial charge in [0.05, 0.1) is 0 Å². The average Bonchev–Trinajstić information content (AvgIpc) is 2.48. The molecule has 13 heavy (non-hydrogen) atoms. The summed E-state index contributed by atoms with van der Waals surface area (Å²) in [4.78, 5) is 3.29. The number of aryl methyl sites for hydroxylation is 2. The molecule has 0 radical (unpaired) electrons. The van der Waals surface area contributed by atoms with Crippen molar-refractivity contribution in [1.29, 1.82) is 0 Å². The van der Waals surface area contributed by atoms with Crippen LogP contribution in [0.2, 0.25) is 0 Å². The van der Waals surface area contributed by atoms with E-state index in [0.717, 1.165) is 5.69 Å². The van der Waals surface area contributed by atoms with Crippen LogP contribution >= 0.6 is 0 Å². The smallest absolute Gasteiger partial charge is 0.0459 e. The zero-order valence-corrected chi connectivity index (χ0v) is 8.02. The number of nitrogens with two attached hydrogens (primary N) is 1. The lowest BCUT2D eigenvalue weighted by Crippen LogP contribution is -1.94. The lowest BCUT2D eigenvalue weighted by atomic mass is 10.1. The fourth-order valence-corrected chi connectivity index (χ4v) is 1.57. The van der Waals surface area contributed by atoms with Crippen LogP contribution in [0.15, 0.2) is 18.2 Å². The molecule has 68 valence electrons. The largest absolute Gasteiger partial charge is 0.357 e. The van der Waals surface area contributed by atoms with Crippen LogP contribution in [0.4, 0.5) is 0 Å². The SMILES string of the molecule is Cc1cc2cc(CN)[nH]c2cc1C. The van der Waals surface area contributed by atoms with Crippen molar-refractivity contribution in [2.45, 2.75) is 20.4 Å². The molecule has 0 atom stereocenters. The normalized spacial score (nSPS) is 11.0. The highest BCUT2D eigenvalue weighted by Gasteiger charge is 2.01. The predicted molar refractivity (Wildman–Crippen MR) is 55.7 cm³/mol. The van der Waals surface area contributed by atoms with Crippen molar-refractivity contribution in [2.24, 2.45) is 5.73 Å². The number of hydrogen-bond donors (Lipinski definition) is 2. The molecule has 0 aliphatic heterocycles. The molecule has 2 nitrogen and oxygen atoms in total. The first-order valence-electron chi connectivity index (χ1n) is 4.49. The number of rotatable bonds is 1. The van der Waals surface area contributed by atoms with Crippen molar-refractivity contribution in [1.82, 2.24) is 4.98 Å². The third-order valence-electron chi connectivity index (χ3n) is 2.51. The van der Waals surface area contributed by atoms with E-state index in [0.29, 0.717) is 6.54 Å². The second-order valence-electron chi connectivity index (χ2n) is 3.52. The van der Waals surface area contributed by atoms with Gasteiger partial charge in [-0.3, -0.25) is 0 Å². The van der Waals surface area contributed by atoms with Gasteiger partial charge in [0.2, 0.25) is 0 Å². The summed E-state index contributed by atoms with van der Waals surface area (Å²) in [5, 5.41) is 1.25. The summed E-state index contributed by atoms with van der Waals surface area (Å²) in [6.07, 6.45) is 0. The Labute approximate surface area is 77.8 Å². The average molecular weight is 174 g/mol. The van der Waals surface area contributed by atoms with E-state index < -0.39 is 0 Å².